The fraction of sp³-hybridized carbons (Fsp3) is 0.188. The van der Waals surface area contributed by atoms with Crippen LogP contribution in [0.4, 0.5) is 11.4 Å². The average molecular weight is 340 g/mol. The second kappa shape index (κ2) is 6.56. The highest BCUT2D eigenvalue weighted by atomic mass is 16.6. The van der Waals surface area contributed by atoms with Crippen LogP contribution in [-0.4, -0.2) is 30.4 Å². The molecule has 128 valence electrons. The maximum Gasteiger partial charge on any atom is 0.312 e. The fourth-order valence-corrected chi connectivity index (χ4v) is 2.50. The van der Waals surface area contributed by atoms with Gasteiger partial charge in [0.2, 0.25) is 0 Å². The molecular formula is C16H16N6O3. The van der Waals surface area contributed by atoms with Crippen LogP contribution in [0.3, 0.4) is 0 Å². The molecule has 0 saturated heterocycles. The first-order chi connectivity index (χ1) is 12.0. The Balaban J connectivity index is 1.75. The number of hydrogen-bond donors (Lipinski definition) is 1. The molecule has 1 amide bonds. The molecule has 3 rings (SSSR count). The first kappa shape index (κ1) is 16.4. The molecular weight excluding hydrogens is 324 g/mol. The second-order valence-corrected chi connectivity index (χ2v) is 5.48. The quantitative estimate of drug-likeness (QED) is 0.566. The highest BCUT2D eigenvalue weighted by Gasteiger charge is 2.22. The summed E-state index contributed by atoms with van der Waals surface area (Å²) in [5.41, 5.74) is 1.70. The maximum absolute atomic E-state index is 12.2. The fourth-order valence-electron chi connectivity index (χ4n) is 2.50. The third kappa shape index (κ3) is 3.39. The number of carbonyl (C=O) groups excluding carboxylic acids is 1. The van der Waals surface area contributed by atoms with Crippen molar-refractivity contribution in [2.45, 2.75) is 20.5 Å². The number of para-hydroxylation sites is 1. The molecule has 0 aliphatic carbocycles. The first-order valence-corrected chi connectivity index (χ1v) is 7.54. The molecule has 1 N–H and O–H groups in total. The van der Waals surface area contributed by atoms with Gasteiger partial charge in [-0.1, -0.05) is 18.2 Å². The van der Waals surface area contributed by atoms with Crippen molar-refractivity contribution in [3.8, 4) is 0 Å². The van der Waals surface area contributed by atoms with Crippen LogP contribution in [0.15, 0.2) is 42.6 Å². The molecule has 9 heteroatoms. The average Bonchev–Trinajstić information content (AvgIpc) is 3.14. The Kier molecular flexibility index (Phi) is 4.29. The van der Waals surface area contributed by atoms with Crippen molar-refractivity contribution < 1.29 is 9.72 Å². The summed E-state index contributed by atoms with van der Waals surface area (Å²) in [6, 6.07) is 10.7. The van der Waals surface area contributed by atoms with Gasteiger partial charge >= 0.3 is 5.69 Å². The molecule has 0 aliphatic rings. The van der Waals surface area contributed by atoms with Gasteiger partial charge in [0.1, 0.15) is 18.1 Å². The topological polar surface area (TPSA) is 108 Å². The lowest BCUT2D eigenvalue weighted by Gasteiger charge is -2.04. The van der Waals surface area contributed by atoms with Crippen LogP contribution < -0.4 is 5.32 Å². The predicted molar refractivity (Wildman–Crippen MR) is 90.4 cm³/mol. The lowest BCUT2D eigenvalue weighted by atomic mass is 10.3. The number of amides is 1. The van der Waals surface area contributed by atoms with Crippen LogP contribution in [0.1, 0.15) is 21.9 Å². The molecule has 3 aromatic rings. The molecule has 0 bridgehead atoms. The largest absolute Gasteiger partial charge is 0.321 e. The van der Waals surface area contributed by atoms with Crippen molar-refractivity contribution in [1.82, 2.24) is 19.6 Å². The summed E-state index contributed by atoms with van der Waals surface area (Å²) in [6.45, 7) is 3.40. The zero-order valence-corrected chi connectivity index (χ0v) is 13.7. The molecule has 0 aliphatic heterocycles. The zero-order chi connectivity index (χ0) is 18.0. The number of rotatable bonds is 5. The van der Waals surface area contributed by atoms with E-state index in [4.69, 9.17) is 0 Å². The molecule has 0 unspecified atom stereocenters. The Labute approximate surface area is 143 Å². The van der Waals surface area contributed by atoms with E-state index < -0.39 is 4.92 Å². The maximum atomic E-state index is 12.2. The summed E-state index contributed by atoms with van der Waals surface area (Å²) in [4.78, 5) is 22.8. The number of aryl methyl sites for hydroxylation is 1. The van der Waals surface area contributed by atoms with E-state index in [2.05, 4.69) is 15.5 Å². The van der Waals surface area contributed by atoms with Crippen molar-refractivity contribution in [3.05, 3.63) is 69.8 Å². The summed E-state index contributed by atoms with van der Waals surface area (Å²) < 4.78 is 2.99. The standard InChI is InChI=1S/C16H16N6O3/c1-11-15(22(24)25)12(2)21(18-11)10-20-9-8-14(19-20)16(23)17-13-6-4-3-5-7-13/h3-9H,10H2,1-2H3,(H,17,23). The molecule has 0 fully saturated rings. The Morgan fingerprint density at radius 1 is 1.20 bits per heavy atom. The Bertz CT molecular complexity index is 929. The first-order valence-electron chi connectivity index (χ1n) is 7.54. The van der Waals surface area contributed by atoms with E-state index >= 15 is 0 Å². The van der Waals surface area contributed by atoms with Gasteiger partial charge in [0.25, 0.3) is 5.91 Å². The Morgan fingerprint density at radius 2 is 1.92 bits per heavy atom. The van der Waals surface area contributed by atoms with Crippen LogP contribution in [0.25, 0.3) is 0 Å². The van der Waals surface area contributed by atoms with Crippen molar-refractivity contribution in [2.75, 3.05) is 5.32 Å². The summed E-state index contributed by atoms with van der Waals surface area (Å²) in [5.74, 6) is -0.329. The van der Waals surface area contributed by atoms with Crippen molar-refractivity contribution >= 4 is 17.3 Å². The third-order valence-corrected chi connectivity index (χ3v) is 3.71. The van der Waals surface area contributed by atoms with Crippen LogP contribution in [0.2, 0.25) is 0 Å². The monoisotopic (exact) mass is 340 g/mol. The van der Waals surface area contributed by atoms with E-state index in [-0.39, 0.29) is 24.0 Å². The minimum absolute atomic E-state index is 0.00537. The van der Waals surface area contributed by atoms with Gasteiger partial charge in [-0.05, 0) is 32.0 Å². The van der Waals surface area contributed by atoms with E-state index in [1.54, 1.807) is 38.2 Å². The summed E-state index contributed by atoms with van der Waals surface area (Å²) >= 11 is 0. The second-order valence-electron chi connectivity index (χ2n) is 5.48. The van der Waals surface area contributed by atoms with E-state index in [0.717, 1.165) is 0 Å². The molecule has 2 heterocycles. The highest BCUT2D eigenvalue weighted by Crippen LogP contribution is 2.21. The molecule has 25 heavy (non-hydrogen) atoms. The number of anilines is 1. The lowest BCUT2D eigenvalue weighted by molar-refractivity contribution is -0.386. The highest BCUT2D eigenvalue weighted by molar-refractivity contribution is 6.02. The van der Waals surface area contributed by atoms with Gasteiger partial charge in [-0.25, -0.2) is 4.68 Å². The minimum Gasteiger partial charge on any atom is -0.321 e. The van der Waals surface area contributed by atoms with Gasteiger partial charge in [0.05, 0.1) is 4.92 Å². The van der Waals surface area contributed by atoms with E-state index in [9.17, 15) is 14.9 Å². The van der Waals surface area contributed by atoms with Crippen molar-refractivity contribution in [1.29, 1.82) is 0 Å². The van der Waals surface area contributed by atoms with Crippen molar-refractivity contribution in [3.63, 3.8) is 0 Å². The van der Waals surface area contributed by atoms with E-state index in [0.29, 0.717) is 17.1 Å². The lowest BCUT2D eigenvalue weighted by Crippen LogP contribution is -2.15. The van der Waals surface area contributed by atoms with Crippen LogP contribution in [0.5, 0.6) is 0 Å². The zero-order valence-electron chi connectivity index (χ0n) is 13.7. The van der Waals surface area contributed by atoms with Gasteiger partial charge in [-0.15, -0.1) is 0 Å². The molecule has 0 spiro atoms. The number of nitro groups is 1. The molecule has 0 atom stereocenters. The Morgan fingerprint density at radius 3 is 2.56 bits per heavy atom. The van der Waals surface area contributed by atoms with Gasteiger partial charge in [-0.3, -0.25) is 19.6 Å². The number of nitrogens with zero attached hydrogens (tertiary/aromatic N) is 5. The van der Waals surface area contributed by atoms with Gasteiger partial charge in [0.15, 0.2) is 5.69 Å². The molecule has 0 saturated carbocycles. The molecule has 0 radical (unpaired) electrons. The van der Waals surface area contributed by atoms with Gasteiger partial charge < -0.3 is 5.32 Å². The normalized spacial score (nSPS) is 10.6. The number of carbonyl (C=O) groups is 1. The SMILES string of the molecule is Cc1nn(Cn2ccc(C(=O)Nc3ccccc3)n2)c(C)c1[N+](=O)[O-]. The predicted octanol–water partition coefficient (Wildman–Crippen LogP) is 2.36. The van der Waals surface area contributed by atoms with E-state index in [1.807, 2.05) is 18.2 Å². The van der Waals surface area contributed by atoms with Gasteiger partial charge in [0, 0.05) is 11.9 Å². The summed E-state index contributed by atoms with van der Waals surface area (Å²) in [6.07, 6.45) is 1.63. The third-order valence-electron chi connectivity index (χ3n) is 3.71. The molecule has 2 aromatic heterocycles. The summed E-state index contributed by atoms with van der Waals surface area (Å²) in [5, 5.41) is 22.2. The van der Waals surface area contributed by atoms with E-state index in [1.165, 1.54) is 9.36 Å². The minimum atomic E-state index is -0.448. The Hall–Kier alpha value is -3.49. The smallest absolute Gasteiger partial charge is 0.312 e. The van der Waals surface area contributed by atoms with Crippen molar-refractivity contribution in [2.24, 2.45) is 0 Å². The number of benzene rings is 1. The van der Waals surface area contributed by atoms with Crippen LogP contribution >= 0.6 is 0 Å². The van der Waals surface area contributed by atoms with Crippen LogP contribution in [0, 0.1) is 24.0 Å². The van der Waals surface area contributed by atoms with Crippen LogP contribution in [-0.2, 0) is 6.67 Å². The van der Waals surface area contributed by atoms with Gasteiger partial charge in [-0.2, -0.15) is 10.2 Å². The number of nitrogens with one attached hydrogen (secondary N) is 1. The number of aromatic nitrogens is 4. The molecule has 9 nitrogen and oxygen atoms in total. The number of hydrogen-bond acceptors (Lipinski definition) is 5. The summed E-state index contributed by atoms with van der Waals surface area (Å²) in [7, 11) is 0. The molecule has 1 aromatic carbocycles.